The maximum atomic E-state index is 14.5. The molecule has 2 aromatic carbocycles. The first-order valence-electron chi connectivity index (χ1n) is 9.20. The quantitative estimate of drug-likeness (QED) is 0.563. The molecule has 0 spiro atoms. The molecule has 8 heteroatoms. The van der Waals surface area contributed by atoms with Crippen molar-refractivity contribution in [2.75, 3.05) is 5.32 Å². The molecule has 1 atom stereocenters. The summed E-state index contributed by atoms with van der Waals surface area (Å²) in [6.07, 6.45) is 0.0163. The number of amides is 1. The Morgan fingerprint density at radius 1 is 1.17 bits per heavy atom. The number of imidazole rings is 1. The van der Waals surface area contributed by atoms with E-state index in [0.717, 1.165) is 29.2 Å². The average molecular weight is 393 g/mol. The molecular formula is C21H17F2N5O. The monoisotopic (exact) mass is 393 g/mol. The Morgan fingerprint density at radius 2 is 1.97 bits per heavy atom. The van der Waals surface area contributed by atoms with E-state index in [9.17, 15) is 13.6 Å². The summed E-state index contributed by atoms with van der Waals surface area (Å²) in [6, 6.07) is 11.0. The van der Waals surface area contributed by atoms with Crippen molar-refractivity contribution in [3.05, 3.63) is 70.9 Å². The van der Waals surface area contributed by atoms with E-state index in [1.54, 1.807) is 11.6 Å². The minimum Gasteiger partial charge on any atom is -0.311 e. The van der Waals surface area contributed by atoms with E-state index in [2.05, 4.69) is 15.4 Å². The predicted octanol–water partition coefficient (Wildman–Crippen LogP) is 3.82. The SMILES string of the molecule is Cc1nn(-c2nc3ccccc3n2C)c2c1[C@@H](c1cc(F)ccc1F)CC(=O)N2. The van der Waals surface area contributed by atoms with E-state index in [1.165, 1.54) is 0 Å². The van der Waals surface area contributed by atoms with Crippen LogP contribution < -0.4 is 5.32 Å². The lowest BCUT2D eigenvalue weighted by atomic mass is 9.85. The first-order chi connectivity index (χ1) is 13.9. The molecule has 1 aliphatic heterocycles. The molecule has 1 N–H and O–H groups in total. The van der Waals surface area contributed by atoms with Crippen LogP contribution in [-0.2, 0) is 11.8 Å². The van der Waals surface area contributed by atoms with Gasteiger partial charge in [-0.3, -0.25) is 4.79 Å². The summed E-state index contributed by atoms with van der Waals surface area (Å²) < 4.78 is 31.8. The van der Waals surface area contributed by atoms with Crippen LogP contribution in [0.4, 0.5) is 14.6 Å². The molecule has 0 radical (unpaired) electrons. The highest BCUT2D eigenvalue weighted by Gasteiger charge is 2.35. The number of aryl methyl sites for hydroxylation is 2. The summed E-state index contributed by atoms with van der Waals surface area (Å²) in [5.41, 5.74) is 3.15. The highest BCUT2D eigenvalue weighted by Crippen LogP contribution is 2.41. The summed E-state index contributed by atoms with van der Waals surface area (Å²) in [6.45, 7) is 1.79. The van der Waals surface area contributed by atoms with Crippen LogP contribution in [0, 0.1) is 18.6 Å². The number of carbonyl (C=O) groups excluding carboxylic acids is 1. The maximum absolute atomic E-state index is 14.5. The third kappa shape index (κ3) is 2.63. The third-order valence-corrected chi connectivity index (χ3v) is 5.39. The first kappa shape index (κ1) is 17.5. The highest BCUT2D eigenvalue weighted by atomic mass is 19.1. The van der Waals surface area contributed by atoms with Gasteiger partial charge < -0.3 is 9.88 Å². The van der Waals surface area contributed by atoms with Gasteiger partial charge in [-0.25, -0.2) is 13.8 Å². The van der Waals surface area contributed by atoms with Gasteiger partial charge in [-0.15, -0.1) is 0 Å². The fourth-order valence-corrected chi connectivity index (χ4v) is 4.06. The summed E-state index contributed by atoms with van der Waals surface area (Å²) in [4.78, 5) is 17.1. The number of para-hydroxylation sites is 2. The normalized spacial score (nSPS) is 16.1. The Morgan fingerprint density at radius 3 is 2.76 bits per heavy atom. The number of hydrogen-bond donors (Lipinski definition) is 1. The summed E-state index contributed by atoms with van der Waals surface area (Å²) in [7, 11) is 1.86. The minimum absolute atomic E-state index is 0.0163. The molecule has 29 heavy (non-hydrogen) atoms. The van der Waals surface area contributed by atoms with E-state index in [0.29, 0.717) is 23.0 Å². The van der Waals surface area contributed by atoms with Gasteiger partial charge in [0, 0.05) is 24.9 Å². The number of nitrogens with one attached hydrogen (secondary N) is 1. The Balaban J connectivity index is 1.73. The molecule has 0 aliphatic carbocycles. The number of nitrogens with zero attached hydrogens (tertiary/aromatic N) is 4. The molecule has 0 bridgehead atoms. The molecule has 3 heterocycles. The Hall–Kier alpha value is -3.55. The van der Waals surface area contributed by atoms with Crippen molar-refractivity contribution < 1.29 is 13.6 Å². The molecule has 1 aliphatic rings. The number of rotatable bonds is 2. The molecular weight excluding hydrogens is 376 g/mol. The second-order valence-corrected chi connectivity index (χ2v) is 7.19. The highest BCUT2D eigenvalue weighted by molar-refractivity contribution is 5.95. The number of aromatic nitrogens is 4. The number of anilines is 1. The summed E-state index contributed by atoms with van der Waals surface area (Å²) in [5.74, 6) is -1.05. The molecule has 146 valence electrons. The molecule has 5 rings (SSSR count). The largest absolute Gasteiger partial charge is 0.311 e. The van der Waals surface area contributed by atoms with E-state index in [1.807, 2.05) is 35.9 Å². The number of fused-ring (bicyclic) bond motifs is 2. The van der Waals surface area contributed by atoms with Gasteiger partial charge in [0.15, 0.2) is 0 Å². The lowest BCUT2D eigenvalue weighted by Crippen LogP contribution is -2.26. The zero-order chi connectivity index (χ0) is 20.3. The maximum Gasteiger partial charge on any atom is 0.233 e. The Labute approximate surface area is 164 Å². The number of benzene rings is 2. The van der Waals surface area contributed by atoms with E-state index >= 15 is 0 Å². The average Bonchev–Trinajstić information content (AvgIpc) is 3.20. The molecule has 6 nitrogen and oxygen atoms in total. The second kappa shape index (κ2) is 6.23. The molecule has 2 aromatic heterocycles. The van der Waals surface area contributed by atoms with Crippen LogP contribution in [0.2, 0.25) is 0 Å². The van der Waals surface area contributed by atoms with Crippen LogP contribution >= 0.6 is 0 Å². The Bertz CT molecular complexity index is 1290. The van der Waals surface area contributed by atoms with Crippen LogP contribution in [0.1, 0.15) is 29.2 Å². The van der Waals surface area contributed by atoms with E-state index in [4.69, 9.17) is 0 Å². The van der Waals surface area contributed by atoms with Crippen molar-refractivity contribution in [1.29, 1.82) is 0 Å². The smallest absolute Gasteiger partial charge is 0.233 e. The van der Waals surface area contributed by atoms with Crippen molar-refractivity contribution in [2.45, 2.75) is 19.3 Å². The molecule has 0 saturated heterocycles. The summed E-state index contributed by atoms with van der Waals surface area (Å²) >= 11 is 0. The zero-order valence-corrected chi connectivity index (χ0v) is 15.8. The Kier molecular flexibility index (Phi) is 3.77. The van der Waals surface area contributed by atoms with Crippen molar-refractivity contribution >= 4 is 22.8 Å². The van der Waals surface area contributed by atoms with Gasteiger partial charge in [-0.1, -0.05) is 12.1 Å². The summed E-state index contributed by atoms with van der Waals surface area (Å²) in [5, 5.41) is 7.43. The number of halogens is 2. The first-order valence-corrected chi connectivity index (χ1v) is 9.20. The predicted molar refractivity (Wildman–Crippen MR) is 104 cm³/mol. The van der Waals surface area contributed by atoms with Gasteiger partial charge in [-0.05, 0) is 42.8 Å². The molecule has 1 amide bonds. The molecule has 0 unspecified atom stereocenters. The van der Waals surface area contributed by atoms with Crippen LogP contribution in [-0.4, -0.2) is 25.2 Å². The van der Waals surface area contributed by atoms with Crippen LogP contribution in [0.3, 0.4) is 0 Å². The lowest BCUT2D eigenvalue weighted by molar-refractivity contribution is -0.116. The van der Waals surface area contributed by atoms with Gasteiger partial charge in [0.2, 0.25) is 11.9 Å². The third-order valence-electron chi connectivity index (χ3n) is 5.39. The van der Waals surface area contributed by atoms with Crippen molar-refractivity contribution in [3.63, 3.8) is 0 Å². The van der Waals surface area contributed by atoms with Gasteiger partial charge in [0.1, 0.15) is 17.5 Å². The van der Waals surface area contributed by atoms with Gasteiger partial charge >= 0.3 is 0 Å². The van der Waals surface area contributed by atoms with Crippen molar-refractivity contribution in [1.82, 2.24) is 19.3 Å². The fourth-order valence-electron chi connectivity index (χ4n) is 4.06. The van der Waals surface area contributed by atoms with Gasteiger partial charge in [0.25, 0.3) is 0 Å². The lowest BCUT2D eigenvalue weighted by Gasteiger charge is -2.24. The minimum atomic E-state index is -0.627. The fraction of sp³-hybridized carbons (Fsp3) is 0.190. The van der Waals surface area contributed by atoms with Crippen LogP contribution in [0.25, 0.3) is 17.0 Å². The zero-order valence-electron chi connectivity index (χ0n) is 15.8. The van der Waals surface area contributed by atoms with Crippen LogP contribution in [0.15, 0.2) is 42.5 Å². The van der Waals surface area contributed by atoms with Crippen molar-refractivity contribution in [3.8, 4) is 5.95 Å². The van der Waals surface area contributed by atoms with E-state index < -0.39 is 17.6 Å². The standard InChI is InChI=1S/C21H17F2N5O/c1-11-19-14(13-9-12(22)7-8-15(13)23)10-18(29)25-20(19)28(26-11)21-24-16-5-3-4-6-17(16)27(21)2/h3-9,14H,10H2,1-2H3,(H,25,29)/t14-/m1/s1. The molecule has 4 aromatic rings. The number of carbonyl (C=O) groups is 1. The topological polar surface area (TPSA) is 64.7 Å². The van der Waals surface area contributed by atoms with Crippen LogP contribution in [0.5, 0.6) is 0 Å². The van der Waals surface area contributed by atoms with Crippen molar-refractivity contribution in [2.24, 2.45) is 7.05 Å². The molecule has 0 fully saturated rings. The van der Waals surface area contributed by atoms with E-state index in [-0.39, 0.29) is 17.9 Å². The molecule has 0 saturated carbocycles. The second-order valence-electron chi connectivity index (χ2n) is 7.19. The van der Waals surface area contributed by atoms with Gasteiger partial charge in [-0.2, -0.15) is 9.78 Å². The number of hydrogen-bond acceptors (Lipinski definition) is 3. The van der Waals surface area contributed by atoms with Gasteiger partial charge in [0.05, 0.1) is 16.7 Å².